The van der Waals surface area contributed by atoms with Crippen molar-refractivity contribution in [3.05, 3.63) is 86.6 Å². The maximum Gasteiger partial charge on any atom is 0.355 e. The number of esters is 2. The fraction of sp³-hybridized carbons (Fsp3) is 0.240. The van der Waals surface area contributed by atoms with Gasteiger partial charge >= 0.3 is 17.9 Å². The van der Waals surface area contributed by atoms with Gasteiger partial charge in [-0.3, -0.25) is 29.4 Å². The molecule has 2 N–H and O–H groups in total. The van der Waals surface area contributed by atoms with Crippen LogP contribution in [0, 0.1) is 10.1 Å². The third kappa shape index (κ3) is 5.75. The highest BCUT2D eigenvalue weighted by molar-refractivity contribution is 8.00. The minimum atomic E-state index is -1.30. The number of β-lactam (4-membered cyclic amide) rings is 1. The molecule has 39 heavy (non-hydrogen) atoms. The second kappa shape index (κ2) is 11.3. The van der Waals surface area contributed by atoms with Gasteiger partial charge in [0.15, 0.2) is 0 Å². The molecule has 0 radical (unpaired) electrons. The number of nitrogens with zero attached hydrogens (tertiary/aromatic N) is 2. The van der Waals surface area contributed by atoms with Crippen molar-refractivity contribution < 1.29 is 43.5 Å². The summed E-state index contributed by atoms with van der Waals surface area (Å²) in [6.45, 7) is 0.693. The summed E-state index contributed by atoms with van der Waals surface area (Å²) in [6.07, 6.45) is 0. The number of carbonyl (C=O) groups is 5. The zero-order valence-electron chi connectivity index (χ0n) is 20.3. The van der Waals surface area contributed by atoms with Crippen molar-refractivity contribution in [2.45, 2.75) is 24.9 Å². The molecule has 1 unspecified atom stereocenters. The Balaban J connectivity index is 1.52. The number of hydrogen-bond acceptors (Lipinski definition) is 10. The summed E-state index contributed by atoms with van der Waals surface area (Å²) in [5.74, 6) is -3.98. The van der Waals surface area contributed by atoms with Gasteiger partial charge < -0.3 is 19.9 Å². The first kappa shape index (κ1) is 27.3. The van der Waals surface area contributed by atoms with Crippen LogP contribution in [-0.4, -0.2) is 68.4 Å². The van der Waals surface area contributed by atoms with Crippen molar-refractivity contribution in [3.63, 3.8) is 0 Å². The molecule has 4 rings (SSSR count). The highest BCUT2D eigenvalue weighted by Crippen LogP contribution is 2.41. The highest BCUT2D eigenvalue weighted by atomic mass is 32.2. The molecule has 0 aliphatic carbocycles. The molecule has 2 atom stereocenters. The molecule has 2 aromatic carbocycles. The van der Waals surface area contributed by atoms with E-state index in [-0.39, 0.29) is 41.5 Å². The molecule has 0 bridgehead atoms. The largest absolute Gasteiger partial charge is 0.478 e. The quantitative estimate of drug-likeness (QED) is 0.199. The molecule has 2 amide bonds. The average molecular weight is 556 g/mol. The molecule has 0 aromatic heterocycles. The van der Waals surface area contributed by atoms with Gasteiger partial charge in [-0.25, -0.2) is 9.59 Å². The van der Waals surface area contributed by atoms with Crippen LogP contribution in [0.25, 0.3) is 0 Å². The smallest absolute Gasteiger partial charge is 0.355 e. The molecule has 13 nitrogen and oxygen atoms in total. The van der Waals surface area contributed by atoms with Crippen LogP contribution in [0.2, 0.25) is 0 Å². The topological polar surface area (TPSA) is 182 Å². The van der Waals surface area contributed by atoms with E-state index in [1.807, 2.05) is 0 Å². The van der Waals surface area contributed by atoms with Gasteiger partial charge in [0.2, 0.25) is 0 Å². The first-order valence-electron chi connectivity index (χ1n) is 11.4. The Bertz CT molecular complexity index is 1410. The van der Waals surface area contributed by atoms with Crippen molar-refractivity contribution in [1.29, 1.82) is 0 Å². The number of carbonyl (C=O) groups excluding carboxylic acids is 4. The maximum absolute atomic E-state index is 13.1. The molecule has 2 aromatic rings. The van der Waals surface area contributed by atoms with Crippen molar-refractivity contribution >= 4 is 47.2 Å². The van der Waals surface area contributed by atoms with Gasteiger partial charge in [0.1, 0.15) is 30.3 Å². The van der Waals surface area contributed by atoms with Crippen LogP contribution < -0.4 is 5.32 Å². The summed E-state index contributed by atoms with van der Waals surface area (Å²) in [5, 5.41) is 22.1. The first-order valence-corrected chi connectivity index (χ1v) is 12.5. The van der Waals surface area contributed by atoms with E-state index in [2.05, 4.69) is 5.32 Å². The predicted molar refractivity (Wildman–Crippen MR) is 134 cm³/mol. The van der Waals surface area contributed by atoms with E-state index in [9.17, 15) is 39.2 Å². The van der Waals surface area contributed by atoms with E-state index in [0.29, 0.717) is 11.1 Å². The Morgan fingerprint density at radius 3 is 2.36 bits per heavy atom. The molecular weight excluding hydrogens is 534 g/mol. The number of carboxylic acid groups (broad SMARTS) is 1. The number of nitrogens with one attached hydrogen (secondary N) is 1. The number of carboxylic acids is 1. The molecule has 1 saturated heterocycles. The molecule has 202 valence electrons. The Kier molecular flexibility index (Phi) is 7.95. The fourth-order valence-electron chi connectivity index (χ4n) is 3.99. The van der Waals surface area contributed by atoms with E-state index >= 15 is 0 Å². The number of ether oxygens (including phenoxy) is 2. The van der Waals surface area contributed by atoms with Crippen molar-refractivity contribution in [3.8, 4) is 0 Å². The third-order valence-electron chi connectivity index (χ3n) is 5.90. The Morgan fingerprint density at radius 2 is 1.74 bits per heavy atom. The van der Waals surface area contributed by atoms with E-state index in [1.165, 1.54) is 67.2 Å². The Labute approximate surface area is 224 Å². The molecule has 2 aliphatic heterocycles. The molecular formula is C25H21N3O10S. The van der Waals surface area contributed by atoms with Gasteiger partial charge in [-0.1, -0.05) is 12.1 Å². The standard InChI is InChI=1S/C25H21N3O10S/c1-13(29)37-11-15-12-39-23-19(26-21(30)17-4-2-3-5-18(17)24(32)33)22(31)27(23)20(15)25(34)38-10-14-6-8-16(9-7-14)28(35)36/h2-9,19,23H,10-12H2,1H3,(H,26,30)(H,32,33)/t19?,23-/m0/s1. The summed E-state index contributed by atoms with van der Waals surface area (Å²) in [5.41, 5.74) is 0.196. The van der Waals surface area contributed by atoms with Gasteiger partial charge in [0.25, 0.3) is 17.5 Å². The van der Waals surface area contributed by atoms with Gasteiger partial charge in [-0.2, -0.15) is 0 Å². The van der Waals surface area contributed by atoms with Crippen LogP contribution in [0.3, 0.4) is 0 Å². The number of nitro benzene ring substituents is 1. The van der Waals surface area contributed by atoms with Gasteiger partial charge in [-0.05, 0) is 29.8 Å². The molecule has 1 fully saturated rings. The molecule has 0 spiro atoms. The third-order valence-corrected chi connectivity index (χ3v) is 7.24. The van der Waals surface area contributed by atoms with Gasteiger partial charge in [-0.15, -0.1) is 11.8 Å². The molecule has 0 saturated carbocycles. The first-order chi connectivity index (χ1) is 18.6. The molecule has 14 heteroatoms. The number of aromatic carboxylic acids is 1. The lowest BCUT2D eigenvalue weighted by molar-refractivity contribution is -0.384. The summed E-state index contributed by atoms with van der Waals surface area (Å²) < 4.78 is 10.4. The molecule has 2 heterocycles. The predicted octanol–water partition coefficient (Wildman–Crippen LogP) is 1.87. The Hall–Kier alpha value is -4.72. The van der Waals surface area contributed by atoms with Crippen LogP contribution in [-0.2, 0) is 30.5 Å². The normalized spacial score (nSPS) is 18.0. The zero-order valence-corrected chi connectivity index (χ0v) is 21.1. The van der Waals surface area contributed by atoms with Gasteiger partial charge in [0, 0.05) is 30.4 Å². The number of thioether (sulfide) groups is 1. The summed E-state index contributed by atoms with van der Waals surface area (Å²) in [6, 6.07) is 9.88. The lowest BCUT2D eigenvalue weighted by Gasteiger charge is -2.49. The minimum absolute atomic E-state index is 0.120. The van der Waals surface area contributed by atoms with Crippen LogP contribution in [0.4, 0.5) is 5.69 Å². The number of rotatable bonds is 9. The number of amides is 2. The summed E-state index contributed by atoms with van der Waals surface area (Å²) >= 11 is 1.23. The number of hydrogen-bond donors (Lipinski definition) is 2. The summed E-state index contributed by atoms with van der Waals surface area (Å²) in [7, 11) is 0. The highest BCUT2D eigenvalue weighted by Gasteiger charge is 2.54. The summed E-state index contributed by atoms with van der Waals surface area (Å²) in [4.78, 5) is 73.3. The van der Waals surface area contributed by atoms with Crippen LogP contribution in [0.15, 0.2) is 59.8 Å². The van der Waals surface area contributed by atoms with Crippen LogP contribution >= 0.6 is 11.8 Å². The number of fused-ring (bicyclic) bond motifs is 1. The fourth-order valence-corrected chi connectivity index (χ4v) is 5.32. The van der Waals surface area contributed by atoms with E-state index in [1.54, 1.807) is 0 Å². The second-order valence-electron chi connectivity index (χ2n) is 8.44. The lowest BCUT2D eigenvalue weighted by Crippen LogP contribution is -2.70. The average Bonchev–Trinajstić information content (AvgIpc) is 2.92. The minimum Gasteiger partial charge on any atom is -0.478 e. The van der Waals surface area contributed by atoms with Crippen molar-refractivity contribution in [2.75, 3.05) is 12.4 Å². The monoisotopic (exact) mass is 555 g/mol. The van der Waals surface area contributed by atoms with E-state index in [4.69, 9.17) is 9.47 Å². The number of benzene rings is 2. The molecule has 2 aliphatic rings. The number of non-ortho nitro benzene ring substituents is 1. The second-order valence-corrected chi connectivity index (χ2v) is 9.55. The maximum atomic E-state index is 13.1. The van der Waals surface area contributed by atoms with Crippen molar-refractivity contribution in [1.82, 2.24) is 10.2 Å². The van der Waals surface area contributed by atoms with Gasteiger partial charge in [0.05, 0.1) is 16.1 Å². The van der Waals surface area contributed by atoms with Crippen LogP contribution in [0.1, 0.15) is 33.2 Å². The van der Waals surface area contributed by atoms with Crippen molar-refractivity contribution in [2.24, 2.45) is 0 Å². The zero-order chi connectivity index (χ0) is 28.3. The SMILES string of the molecule is CC(=O)OCC1=C(C(=O)OCc2ccc([N+](=O)[O-])cc2)N2C(=O)C(NC(=O)c3ccccc3C(=O)O)[C@@H]2SC1. The van der Waals surface area contributed by atoms with E-state index in [0.717, 1.165) is 4.90 Å². The lowest BCUT2D eigenvalue weighted by atomic mass is 10.0. The van der Waals surface area contributed by atoms with Crippen LogP contribution in [0.5, 0.6) is 0 Å². The Morgan fingerprint density at radius 1 is 1.08 bits per heavy atom. The number of nitro groups is 1. The van der Waals surface area contributed by atoms with E-state index < -0.39 is 46.1 Å².